The van der Waals surface area contributed by atoms with Crippen molar-refractivity contribution in [1.29, 1.82) is 0 Å². The number of hydrazone groups is 1. The van der Waals surface area contributed by atoms with Gasteiger partial charge in [-0.25, -0.2) is 13.5 Å². The molecule has 0 radical (unpaired) electrons. The van der Waals surface area contributed by atoms with Crippen molar-refractivity contribution in [2.45, 2.75) is 19.1 Å². The third-order valence-corrected chi connectivity index (χ3v) is 5.74. The van der Waals surface area contributed by atoms with E-state index in [0.717, 1.165) is 22.6 Å². The van der Waals surface area contributed by atoms with E-state index in [4.69, 9.17) is 9.47 Å². The fourth-order valence-corrected chi connectivity index (χ4v) is 4.04. The first-order valence-corrected chi connectivity index (χ1v) is 11.0. The molecule has 1 aliphatic rings. The number of hydrogen-bond donors (Lipinski definition) is 0. The number of ether oxygens (including phenoxy) is 2. The summed E-state index contributed by atoms with van der Waals surface area (Å²) in [7, 11) is 1.31. The molecule has 0 saturated carbocycles. The highest BCUT2D eigenvalue weighted by Crippen LogP contribution is 2.33. The fourth-order valence-electron chi connectivity index (χ4n) is 4.04. The maximum atomic E-state index is 13.5. The molecular weight excluding hydrogens is 494 g/mol. The van der Waals surface area contributed by atoms with Crippen molar-refractivity contribution < 1.29 is 27.0 Å². The lowest BCUT2D eigenvalue weighted by Crippen LogP contribution is -2.28. The molecule has 2 aromatic carbocycles. The Labute approximate surface area is 207 Å². The Kier molecular flexibility index (Phi) is 6.38. The quantitative estimate of drug-likeness (QED) is 0.331. The van der Waals surface area contributed by atoms with Gasteiger partial charge in [-0.05, 0) is 24.3 Å². The predicted molar refractivity (Wildman–Crippen MR) is 127 cm³/mol. The minimum atomic E-state index is -3.20. The highest BCUT2D eigenvalue weighted by molar-refractivity contribution is 5.67. The van der Waals surface area contributed by atoms with E-state index in [1.165, 1.54) is 36.2 Å². The average Bonchev–Trinajstić information content (AvgIpc) is 3.51. The standard InChI is InChI=1S/C25H19F4N5O3/c1-36-22-14-33(31-23(24(22)35)20-9-10-30-34(20)15-5-3-2-4-6-15)19-8-7-16(11-21(19)37-25(28)29)32-12-17(26)18(27)13-32/h2-8,10-14,20,25H,9H2,1H3. The molecule has 0 saturated heterocycles. The summed E-state index contributed by atoms with van der Waals surface area (Å²) in [5.41, 5.74) is 0.523. The first kappa shape index (κ1) is 24.1. The van der Waals surface area contributed by atoms with Crippen molar-refractivity contribution in [2.24, 2.45) is 5.10 Å². The second-order valence-electron chi connectivity index (χ2n) is 7.98. The third kappa shape index (κ3) is 4.65. The number of para-hydroxylation sites is 1. The van der Waals surface area contributed by atoms with Crippen LogP contribution in [0.1, 0.15) is 18.2 Å². The number of anilines is 1. The molecule has 2 aromatic heterocycles. The van der Waals surface area contributed by atoms with Gasteiger partial charge in [-0.1, -0.05) is 18.2 Å². The molecule has 3 heterocycles. The van der Waals surface area contributed by atoms with Gasteiger partial charge in [-0.2, -0.15) is 19.0 Å². The Morgan fingerprint density at radius 2 is 1.70 bits per heavy atom. The van der Waals surface area contributed by atoms with Crippen LogP contribution in [0.5, 0.6) is 11.5 Å². The first-order valence-electron chi connectivity index (χ1n) is 11.0. The lowest BCUT2D eigenvalue weighted by Gasteiger charge is -2.24. The molecule has 12 heteroatoms. The van der Waals surface area contributed by atoms with Crippen molar-refractivity contribution >= 4 is 11.9 Å². The number of nitrogens with zero attached hydrogens (tertiary/aromatic N) is 5. The summed E-state index contributed by atoms with van der Waals surface area (Å²) in [4.78, 5) is 13.2. The van der Waals surface area contributed by atoms with Gasteiger partial charge in [0.2, 0.25) is 5.43 Å². The smallest absolute Gasteiger partial charge is 0.387 e. The molecule has 0 aliphatic carbocycles. The van der Waals surface area contributed by atoms with E-state index >= 15 is 0 Å². The van der Waals surface area contributed by atoms with Gasteiger partial charge in [-0.15, -0.1) is 0 Å². The van der Waals surface area contributed by atoms with Gasteiger partial charge in [0.15, 0.2) is 23.1 Å². The van der Waals surface area contributed by atoms with Gasteiger partial charge < -0.3 is 14.0 Å². The normalized spacial score (nSPS) is 15.0. The molecule has 5 rings (SSSR count). The minimum absolute atomic E-state index is 0.0434. The summed E-state index contributed by atoms with van der Waals surface area (Å²) in [5, 5.41) is 10.5. The predicted octanol–water partition coefficient (Wildman–Crippen LogP) is 4.85. The van der Waals surface area contributed by atoms with Crippen LogP contribution in [-0.2, 0) is 0 Å². The maximum Gasteiger partial charge on any atom is 0.387 e. The van der Waals surface area contributed by atoms with Crippen LogP contribution in [0.15, 0.2) is 77.0 Å². The van der Waals surface area contributed by atoms with E-state index in [1.54, 1.807) is 11.2 Å². The number of methoxy groups -OCH3 is 1. The lowest BCUT2D eigenvalue weighted by molar-refractivity contribution is -0.0499. The zero-order chi connectivity index (χ0) is 26.1. The molecule has 190 valence electrons. The summed E-state index contributed by atoms with van der Waals surface area (Å²) in [6.45, 7) is -3.20. The van der Waals surface area contributed by atoms with Crippen LogP contribution in [0, 0.1) is 11.6 Å². The van der Waals surface area contributed by atoms with Crippen molar-refractivity contribution in [2.75, 3.05) is 12.1 Å². The second-order valence-corrected chi connectivity index (χ2v) is 7.98. The fraction of sp³-hybridized carbons (Fsp3) is 0.160. The van der Waals surface area contributed by atoms with Gasteiger partial charge in [0, 0.05) is 36.8 Å². The highest BCUT2D eigenvalue weighted by Gasteiger charge is 2.30. The monoisotopic (exact) mass is 513 g/mol. The molecule has 0 N–H and O–H groups in total. The third-order valence-electron chi connectivity index (χ3n) is 5.74. The van der Waals surface area contributed by atoms with E-state index in [-0.39, 0.29) is 28.6 Å². The van der Waals surface area contributed by atoms with Gasteiger partial charge in [0.05, 0.1) is 19.0 Å². The van der Waals surface area contributed by atoms with Crippen LogP contribution in [0.2, 0.25) is 0 Å². The second kappa shape index (κ2) is 9.80. The number of aromatic nitrogens is 3. The van der Waals surface area contributed by atoms with Gasteiger partial charge in [0.25, 0.3) is 0 Å². The number of halogens is 4. The van der Waals surface area contributed by atoms with E-state index < -0.39 is 29.7 Å². The first-order chi connectivity index (χ1) is 17.9. The summed E-state index contributed by atoms with van der Waals surface area (Å²) in [6.07, 6.45) is 5.00. The lowest BCUT2D eigenvalue weighted by atomic mass is 10.1. The van der Waals surface area contributed by atoms with E-state index in [9.17, 15) is 22.4 Å². The van der Waals surface area contributed by atoms with Crippen LogP contribution >= 0.6 is 0 Å². The van der Waals surface area contributed by atoms with Gasteiger partial charge >= 0.3 is 6.61 Å². The number of rotatable bonds is 7. The molecule has 1 unspecified atom stereocenters. The van der Waals surface area contributed by atoms with E-state index in [0.29, 0.717) is 6.42 Å². The van der Waals surface area contributed by atoms with Crippen LogP contribution < -0.4 is 19.9 Å². The van der Waals surface area contributed by atoms with Crippen molar-refractivity contribution in [3.63, 3.8) is 0 Å². The van der Waals surface area contributed by atoms with E-state index in [1.807, 2.05) is 30.3 Å². The highest BCUT2D eigenvalue weighted by atomic mass is 19.3. The minimum Gasteiger partial charge on any atom is -0.491 e. The summed E-state index contributed by atoms with van der Waals surface area (Å²) in [5.74, 6) is -2.61. The van der Waals surface area contributed by atoms with Crippen LogP contribution in [0.25, 0.3) is 11.4 Å². The molecule has 0 spiro atoms. The molecule has 0 bridgehead atoms. The van der Waals surface area contributed by atoms with Crippen molar-refractivity contribution in [3.05, 3.63) is 94.7 Å². The van der Waals surface area contributed by atoms with Gasteiger partial charge in [-0.3, -0.25) is 9.80 Å². The number of hydrogen-bond acceptors (Lipinski definition) is 6. The van der Waals surface area contributed by atoms with Gasteiger partial charge in [0.1, 0.15) is 17.4 Å². The Bertz CT molecular complexity index is 1500. The van der Waals surface area contributed by atoms with E-state index in [2.05, 4.69) is 10.2 Å². The zero-order valence-electron chi connectivity index (χ0n) is 19.3. The Hall–Kier alpha value is -4.61. The molecule has 1 atom stereocenters. The number of alkyl halides is 2. The Balaban J connectivity index is 1.62. The summed E-state index contributed by atoms with van der Waals surface area (Å²) < 4.78 is 65.9. The largest absolute Gasteiger partial charge is 0.491 e. The Morgan fingerprint density at radius 3 is 2.38 bits per heavy atom. The maximum absolute atomic E-state index is 13.5. The van der Waals surface area contributed by atoms with Crippen molar-refractivity contribution in [3.8, 4) is 22.9 Å². The molecular formula is C25H19F4N5O3. The molecule has 8 nitrogen and oxygen atoms in total. The van der Waals surface area contributed by atoms with Crippen LogP contribution in [0.3, 0.4) is 0 Å². The SMILES string of the molecule is COc1cn(-c2ccc(-n3cc(F)c(F)c3)cc2OC(F)F)nc(C2CC=NN2c2ccccc2)c1=O. The topological polar surface area (TPSA) is 73.9 Å². The molecule has 0 fully saturated rings. The molecule has 0 amide bonds. The average molecular weight is 513 g/mol. The molecule has 4 aromatic rings. The Morgan fingerprint density at radius 1 is 0.973 bits per heavy atom. The van der Waals surface area contributed by atoms with Crippen LogP contribution in [-0.4, -0.2) is 34.3 Å². The number of benzene rings is 2. The zero-order valence-corrected chi connectivity index (χ0v) is 19.3. The van der Waals surface area contributed by atoms with Crippen molar-refractivity contribution in [1.82, 2.24) is 14.3 Å². The summed E-state index contributed by atoms with van der Waals surface area (Å²) >= 11 is 0. The molecule has 37 heavy (non-hydrogen) atoms. The van der Waals surface area contributed by atoms with Crippen LogP contribution in [0.4, 0.5) is 23.2 Å². The molecule has 1 aliphatic heterocycles. The summed E-state index contributed by atoms with van der Waals surface area (Å²) in [6, 6.07) is 12.6.